The number of rotatable bonds is 0. The molecule has 0 saturated heterocycles. The van der Waals surface area contributed by atoms with Crippen LogP contribution in [0.5, 0.6) is 0 Å². The molecule has 2 atom stereocenters. The second-order valence-corrected chi connectivity index (χ2v) is 3.99. The average Bonchev–Trinajstić information content (AvgIpc) is 2.31. The van der Waals surface area contributed by atoms with Gasteiger partial charge in [-0.15, -0.1) is 0 Å². The van der Waals surface area contributed by atoms with Gasteiger partial charge in [-0.05, 0) is 35.6 Å². The van der Waals surface area contributed by atoms with Crippen molar-refractivity contribution in [2.75, 3.05) is 0 Å². The van der Waals surface area contributed by atoms with E-state index in [2.05, 4.69) is 13.0 Å². The van der Waals surface area contributed by atoms with Crippen molar-refractivity contribution in [2.24, 2.45) is 11.7 Å². The van der Waals surface area contributed by atoms with E-state index >= 15 is 0 Å². The number of nitrogens with two attached hydrogens (primary N) is 1. The molecular formula is C10H12ClN. The van der Waals surface area contributed by atoms with Crippen LogP contribution in [0.25, 0.3) is 0 Å². The molecule has 1 aliphatic carbocycles. The summed E-state index contributed by atoms with van der Waals surface area (Å²) in [6, 6.07) is 6.19. The van der Waals surface area contributed by atoms with Crippen molar-refractivity contribution < 1.29 is 0 Å². The molecule has 2 heteroatoms. The first-order chi connectivity index (χ1) is 5.68. The molecule has 1 aromatic carbocycles. The van der Waals surface area contributed by atoms with Crippen molar-refractivity contribution in [1.82, 2.24) is 0 Å². The Kier molecular flexibility index (Phi) is 1.85. The third kappa shape index (κ3) is 1.13. The third-order valence-corrected chi connectivity index (χ3v) is 2.86. The van der Waals surface area contributed by atoms with Crippen LogP contribution in [0.2, 0.25) is 5.02 Å². The molecule has 1 aromatic rings. The lowest BCUT2D eigenvalue weighted by Crippen LogP contribution is -2.13. The lowest BCUT2D eigenvalue weighted by molar-refractivity contribution is 0.513. The van der Waals surface area contributed by atoms with E-state index in [0.29, 0.717) is 5.92 Å². The monoisotopic (exact) mass is 181 g/mol. The van der Waals surface area contributed by atoms with E-state index in [0.717, 1.165) is 11.4 Å². The summed E-state index contributed by atoms with van der Waals surface area (Å²) in [7, 11) is 0. The molecule has 0 amide bonds. The van der Waals surface area contributed by atoms with Gasteiger partial charge >= 0.3 is 0 Å². The maximum atomic E-state index is 6.00. The van der Waals surface area contributed by atoms with Gasteiger partial charge in [0.25, 0.3) is 0 Å². The molecule has 2 unspecified atom stereocenters. The minimum Gasteiger partial charge on any atom is -0.324 e. The summed E-state index contributed by atoms with van der Waals surface area (Å²) >= 11 is 5.88. The Hall–Kier alpha value is -0.530. The molecule has 0 fully saturated rings. The van der Waals surface area contributed by atoms with E-state index in [1.165, 1.54) is 11.1 Å². The van der Waals surface area contributed by atoms with Gasteiger partial charge in [0.1, 0.15) is 0 Å². The van der Waals surface area contributed by atoms with Gasteiger partial charge in [0, 0.05) is 11.1 Å². The van der Waals surface area contributed by atoms with E-state index < -0.39 is 0 Å². The fourth-order valence-corrected chi connectivity index (χ4v) is 2.02. The molecule has 64 valence electrons. The Labute approximate surface area is 77.5 Å². The van der Waals surface area contributed by atoms with Crippen LogP contribution < -0.4 is 5.73 Å². The van der Waals surface area contributed by atoms with Gasteiger partial charge in [-0.1, -0.05) is 24.6 Å². The SMILES string of the molecule is CC1Cc2ccc(Cl)cc2C1N. The zero-order chi connectivity index (χ0) is 8.72. The molecule has 1 aliphatic rings. The Bertz CT molecular complexity index is 309. The molecule has 0 heterocycles. The number of benzene rings is 1. The van der Waals surface area contributed by atoms with E-state index in [1.807, 2.05) is 12.1 Å². The van der Waals surface area contributed by atoms with E-state index in [1.54, 1.807) is 0 Å². The first-order valence-corrected chi connectivity index (χ1v) is 4.60. The van der Waals surface area contributed by atoms with Crippen molar-refractivity contribution >= 4 is 11.6 Å². The highest BCUT2D eigenvalue weighted by molar-refractivity contribution is 6.30. The quantitative estimate of drug-likeness (QED) is 0.654. The second kappa shape index (κ2) is 2.75. The van der Waals surface area contributed by atoms with Gasteiger partial charge < -0.3 is 5.73 Å². The number of halogens is 1. The second-order valence-electron chi connectivity index (χ2n) is 3.55. The molecule has 0 radical (unpaired) electrons. The number of fused-ring (bicyclic) bond motifs is 1. The summed E-state index contributed by atoms with van der Waals surface area (Å²) in [5, 5.41) is 0.790. The molecule has 0 aliphatic heterocycles. The maximum absolute atomic E-state index is 6.00. The predicted octanol–water partition coefficient (Wildman–Crippen LogP) is 2.53. The summed E-state index contributed by atoms with van der Waals surface area (Å²) in [6.45, 7) is 2.18. The van der Waals surface area contributed by atoms with E-state index in [9.17, 15) is 0 Å². The van der Waals surface area contributed by atoms with Crippen LogP contribution in [-0.4, -0.2) is 0 Å². The highest BCUT2D eigenvalue weighted by atomic mass is 35.5. The van der Waals surface area contributed by atoms with Gasteiger partial charge in [0.05, 0.1) is 0 Å². The first-order valence-electron chi connectivity index (χ1n) is 4.22. The molecular weight excluding hydrogens is 170 g/mol. The number of hydrogen-bond acceptors (Lipinski definition) is 1. The fourth-order valence-electron chi connectivity index (χ4n) is 1.84. The van der Waals surface area contributed by atoms with Crippen molar-refractivity contribution in [3.8, 4) is 0 Å². The van der Waals surface area contributed by atoms with Crippen LogP contribution in [0.15, 0.2) is 18.2 Å². The molecule has 0 saturated carbocycles. The van der Waals surface area contributed by atoms with Crippen molar-refractivity contribution in [3.05, 3.63) is 34.3 Å². The molecule has 0 bridgehead atoms. The smallest absolute Gasteiger partial charge is 0.0409 e. The van der Waals surface area contributed by atoms with Crippen molar-refractivity contribution in [2.45, 2.75) is 19.4 Å². The van der Waals surface area contributed by atoms with Gasteiger partial charge in [-0.25, -0.2) is 0 Å². The standard InChI is InChI=1S/C10H12ClN/c1-6-4-7-2-3-8(11)5-9(7)10(6)12/h2-3,5-6,10H,4,12H2,1H3. The molecule has 12 heavy (non-hydrogen) atoms. The van der Waals surface area contributed by atoms with Crippen LogP contribution in [0.1, 0.15) is 24.1 Å². The Morgan fingerprint density at radius 2 is 2.25 bits per heavy atom. The summed E-state index contributed by atoms with van der Waals surface area (Å²) < 4.78 is 0. The van der Waals surface area contributed by atoms with Crippen LogP contribution in [-0.2, 0) is 6.42 Å². The first kappa shape index (κ1) is 8.09. The van der Waals surface area contributed by atoms with Crippen LogP contribution in [0.3, 0.4) is 0 Å². The lowest BCUT2D eigenvalue weighted by Gasteiger charge is -2.09. The minimum absolute atomic E-state index is 0.179. The highest BCUT2D eigenvalue weighted by Gasteiger charge is 2.25. The largest absolute Gasteiger partial charge is 0.324 e. The van der Waals surface area contributed by atoms with Crippen LogP contribution in [0, 0.1) is 5.92 Å². The topological polar surface area (TPSA) is 26.0 Å². The van der Waals surface area contributed by atoms with Crippen LogP contribution in [0.4, 0.5) is 0 Å². The average molecular weight is 182 g/mol. The molecule has 0 aromatic heterocycles. The zero-order valence-electron chi connectivity index (χ0n) is 7.05. The Morgan fingerprint density at radius 1 is 1.50 bits per heavy atom. The molecule has 1 nitrogen and oxygen atoms in total. The van der Waals surface area contributed by atoms with E-state index in [-0.39, 0.29) is 6.04 Å². The normalized spacial score (nSPS) is 27.2. The van der Waals surface area contributed by atoms with Crippen molar-refractivity contribution in [1.29, 1.82) is 0 Å². The maximum Gasteiger partial charge on any atom is 0.0409 e. The third-order valence-electron chi connectivity index (χ3n) is 2.62. The molecule has 2 rings (SSSR count). The van der Waals surface area contributed by atoms with E-state index in [4.69, 9.17) is 17.3 Å². The Balaban J connectivity index is 2.48. The zero-order valence-corrected chi connectivity index (χ0v) is 7.81. The fraction of sp³-hybridized carbons (Fsp3) is 0.400. The van der Waals surface area contributed by atoms with Gasteiger partial charge in [-0.3, -0.25) is 0 Å². The van der Waals surface area contributed by atoms with Crippen molar-refractivity contribution in [3.63, 3.8) is 0 Å². The molecule has 2 N–H and O–H groups in total. The molecule has 0 spiro atoms. The summed E-state index contributed by atoms with van der Waals surface area (Å²) in [6.07, 6.45) is 1.09. The summed E-state index contributed by atoms with van der Waals surface area (Å²) in [5.41, 5.74) is 8.59. The predicted molar refractivity (Wildman–Crippen MR) is 51.2 cm³/mol. The number of hydrogen-bond donors (Lipinski definition) is 1. The van der Waals surface area contributed by atoms with Gasteiger partial charge in [-0.2, -0.15) is 0 Å². The summed E-state index contributed by atoms with van der Waals surface area (Å²) in [5.74, 6) is 0.554. The Morgan fingerprint density at radius 3 is 3.00 bits per heavy atom. The van der Waals surface area contributed by atoms with Gasteiger partial charge in [0.2, 0.25) is 0 Å². The minimum atomic E-state index is 0.179. The van der Waals surface area contributed by atoms with Gasteiger partial charge in [0.15, 0.2) is 0 Å². The van der Waals surface area contributed by atoms with Crippen LogP contribution >= 0.6 is 11.6 Å². The highest BCUT2D eigenvalue weighted by Crippen LogP contribution is 2.35. The lowest BCUT2D eigenvalue weighted by atomic mass is 10.0. The summed E-state index contributed by atoms with van der Waals surface area (Å²) in [4.78, 5) is 0.